The van der Waals surface area contributed by atoms with Gasteiger partial charge >= 0.3 is 0 Å². The maximum Gasteiger partial charge on any atom is 0.0900 e. The summed E-state index contributed by atoms with van der Waals surface area (Å²) in [6.07, 6.45) is 14.0. The Balaban J connectivity index is 1.64. The molecule has 4 aliphatic rings. The highest BCUT2D eigenvalue weighted by Gasteiger charge is 2.68. The molecule has 8 atom stereocenters. The lowest BCUT2D eigenvalue weighted by molar-refractivity contribution is -0.299. The molecular weight excluding hydrogens is 408 g/mol. The van der Waals surface area contributed by atoms with Gasteiger partial charge in [0, 0.05) is 5.41 Å². The van der Waals surface area contributed by atoms with Crippen molar-refractivity contribution < 1.29 is 15.3 Å². The Morgan fingerprint density at radius 1 is 0.939 bits per heavy atom. The van der Waals surface area contributed by atoms with Gasteiger partial charge < -0.3 is 5.11 Å². The monoisotopic (exact) mass is 458 g/mol. The number of rotatable bonds is 5. The standard InChI is InChI=1S/C30H50O3/c1-20(2)9-8-10-21(3)22-13-17-29(6)23(22)11-12-25-27(4)16-15-26(31)28(5,19-33-32)24(27)14-18-30(25,29)7/h9,23-26,31-32H,8,10-19H2,1-7H3/b22-21-/t23?,24?,25?,26?,27-,28?,29-,30?/m0/s1. The molecular formula is C30H50O3. The first-order valence-corrected chi connectivity index (χ1v) is 13.7. The molecule has 6 unspecified atom stereocenters. The van der Waals surface area contributed by atoms with E-state index in [1.165, 1.54) is 50.5 Å². The molecule has 0 bridgehead atoms. The zero-order chi connectivity index (χ0) is 24.2. The summed E-state index contributed by atoms with van der Waals surface area (Å²) in [5, 5.41) is 20.3. The SMILES string of the molecule is CC(C)=CCC/C(C)=C1/CC[C@@]2(C)C1CCC1C2(C)CCC2C(C)(COO)C(O)CC[C@@]21C. The first-order valence-electron chi connectivity index (χ1n) is 13.7. The second kappa shape index (κ2) is 8.79. The van der Waals surface area contributed by atoms with Crippen LogP contribution >= 0.6 is 0 Å². The smallest absolute Gasteiger partial charge is 0.0900 e. The van der Waals surface area contributed by atoms with E-state index in [2.05, 4.69) is 54.5 Å². The summed E-state index contributed by atoms with van der Waals surface area (Å²) in [6, 6.07) is 0. The van der Waals surface area contributed by atoms with Crippen molar-refractivity contribution in [3.63, 3.8) is 0 Å². The molecule has 0 aromatic rings. The highest BCUT2D eigenvalue weighted by Crippen LogP contribution is 2.75. The van der Waals surface area contributed by atoms with Crippen LogP contribution < -0.4 is 0 Å². The predicted molar refractivity (Wildman–Crippen MR) is 136 cm³/mol. The van der Waals surface area contributed by atoms with Crippen molar-refractivity contribution in [1.29, 1.82) is 0 Å². The Kier molecular flexibility index (Phi) is 6.78. The zero-order valence-corrected chi connectivity index (χ0v) is 22.5. The summed E-state index contributed by atoms with van der Waals surface area (Å²) < 4.78 is 0. The van der Waals surface area contributed by atoms with E-state index >= 15 is 0 Å². The van der Waals surface area contributed by atoms with Crippen LogP contribution in [-0.2, 0) is 4.89 Å². The quantitative estimate of drug-likeness (QED) is 0.250. The summed E-state index contributed by atoms with van der Waals surface area (Å²) in [4.78, 5) is 4.72. The predicted octanol–water partition coefficient (Wildman–Crippen LogP) is 7.95. The minimum atomic E-state index is -0.386. The highest BCUT2D eigenvalue weighted by atomic mass is 17.1. The molecule has 0 aromatic carbocycles. The van der Waals surface area contributed by atoms with Gasteiger partial charge in [0.15, 0.2) is 0 Å². The van der Waals surface area contributed by atoms with Crippen LogP contribution in [0.25, 0.3) is 0 Å². The van der Waals surface area contributed by atoms with Crippen LogP contribution in [0.1, 0.15) is 113 Å². The zero-order valence-electron chi connectivity index (χ0n) is 22.5. The molecule has 3 heteroatoms. The molecule has 4 saturated carbocycles. The topological polar surface area (TPSA) is 49.7 Å². The van der Waals surface area contributed by atoms with Crippen molar-refractivity contribution in [2.24, 2.45) is 39.4 Å². The van der Waals surface area contributed by atoms with E-state index < -0.39 is 0 Å². The van der Waals surface area contributed by atoms with Crippen molar-refractivity contribution in [1.82, 2.24) is 0 Å². The minimum absolute atomic E-state index is 0.207. The molecule has 4 aliphatic carbocycles. The third-order valence-corrected chi connectivity index (χ3v) is 12.0. The van der Waals surface area contributed by atoms with E-state index in [4.69, 9.17) is 4.89 Å². The highest BCUT2D eigenvalue weighted by molar-refractivity contribution is 5.29. The van der Waals surface area contributed by atoms with E-state index in [1.54, 1.807) is 11.1 Å². The molecule has 188 valence electrons. The van der Waals surface area contributed by atoms with Crippen molar-refractivity contribution >= 4 is 0 Å². The fourth-order valence-corrected chi connectivity index (χ4v) is 9.91. The fourth-order valence-electron chi connectivity index (χ4n) is 9.91. The molecule has 4 fully saturated rings. The lowest BCUT2D eigenvalue weighted by Crippen LogP contribution is -2.64. The lowest BCUT2D eigenvalue weighted by atomic mass is 9.35. The lowest BCUT2D eigenvalue weighted by Gasteiger charge is -2.69. The molecule has 0 radical (unpaired) electrons. The average Bonchev–Trinajstić information content (AvgIpc) is 3.09. The van der Waals surface area contributed by atoms with Crippen LogP contribution in [0.4, 0.5) is 0 Å². The Bertz CT molecular complexity index is 809. The Hall–Kier alpha value is -0.640. The van der Waals surface area contributed by atoms with Gasteiger partial charge in [0.25, 0.3) is 0 Å². The van der Waals surface area contributed by atoms with Gasteiger partial charge in [-0.1, -0.05) is 50.5 Å². The number of hydrogen-bond acceptors (Lipinski definition) is 3. The number of allylic oxidation sites excluding steroid dienone is 4. The summed E-state index contributed by atoms with van der Waals surface area (Å²) >= 11 is 0. The molecule has 0 spiro atoms. The Morgan fingerprint density at radius 3 is 2.33 bits per heavy atom. The summed E-state index contributed by atoms with van der Waals surface area (Å²) in [6.45, 7) is 17.0. The van der Waals surface area contributed by atoms with Crippen LogP contribution in [0.15, 0.2) is 22.8 Å². The first kappa shape index (κ1) is 25.5. The van der Waals surface area contributed by atoms with Gasteiger partial charge in [-0.3, -0.25) is 5.26 Å². The molecule has 0 aliphatic heterocycles. The maximum atomic E-state index is 11.0. The number of hydrogen-bond donors (Lipinski definition) is 2. The largest absolute Gasteiger partial charge is 0.392 e. The molecule has 0 amide bonds. The molecule has 0 saturated heterocycles. The van der Waals surface area contributed by atoms with E-state index in [0.29, 0.717) is 22.7 Å². The van der Waals surface area contributed by atoms with Crippen LogP contribution in [0.5, 0.6) is 0 Å². The summed E-state index contributed by atoms with van der Waals surface area (Å²) in [5.74, 6) is 1.83. The summed E-state index contributed by atoms with van der Waals surface area (Å²) in [7, 11) is 0. The number of aliphatic hydroxyl groups excluding tert-OH is 1. The van der Waals surface area contributed by atoms with Crippen LogP contribution in [0.3, 0.4) is 0 Å². The molecule has 0 heterocycles. The maximum absolute atomic E-state index is 11.0. The molecule has 33 heavy (non-hydrogen) atoms. The van der Waals surface area contributed by atoms with Crippen molar-refractivity contribution in [2.75, 3.05) is 6.61 Å². The average molecular weight is 459 g/mol. The van der Waals surface area contributed by atoms with Crippen LogP contribution in [-0.4, -0.2) is 23.1 Å². The Morgan fingerprint density at radius 2 is 1.67 bits per heavy atom. The molecule has 4 rings (SSSR count). The second-order valence-corrected chi connectivity index (χ2v) is 13.6. The van der Waals surface area contributed by atoms with Crippen molar-refractivity contribution in [3.8, 4) is 0 Å². The normalized spacial score (nSPS) is 48.5. The minimum Gasteiger partial charge on any atom is -0.392 e. The van der Waals surface area contributed by atoms with E-state index in [1.807, 2.05) is 0 Å². The van der Waals surface area contributed by atoms with Gasteiger partial charge in [0.05, 0.1) is 12.7 Å². The van der Waals surface area contributed by atoms with Gasteiger partial charge in [-0.25, -0.2) is 4.89 Å². The fraction of sp³-hybridized carbons (Fsp3) is 0.867. The van der Waals surface area contributed by atoms with Gasteiger partial charge in [0.1, 0.15) is 0 Å². The van der Waals surface area contributed by atoms with Gasteiger partial charge in [-0.2, -0.15) is 0 Å². The van der Waals surface area contributed by atoms with Crippen LogP contribution in [0, 0.1) is 39.4 Å². The van der Waals surface area contributed by atoms with E-state index in [9.17, 15) is 10.4 Å². The second-order valence-electron chi connectivity index (χ2n) is 13.6. The van der Waals surface area contributed by atoms with E-state index in [0.717, 1.165) is 25.2 Å². The molecule has 2 N–H and O–H groups in total. The first-order chi connectivity index (χ1) is 15.4. The summed E-state index contributed by atoms with van der Waals surface area (Å²) in [5.41, 5.74) is 5.45. The number of fused-ring (bicyclic) bond motifs is 5. The van der Waals surface area contributed by atoms with Gasteiger partial charge in [-0.05, 0) is 119 Å². The Labute approximate surface area is 203 Å². The van der Waals surface area contributed by atoms with Crippen molar-refractivity contribution in [2.45, 2.75) is 119 Å². The van der Waals surface area contributed by atoms with Crippen LogP contribution in [0.2, 0.25) is 0 Å². The third kappa shape index (κ3) is 3.71. The molecule has 0 aromatic heterocycles. The van der Waals surface area contributed by atoms with Crippen molar-refractivity contribution in [3.05, 3.63) is 22.8 Å². The molecule has 3 nitrogen and oxygen atoms in total. The number of aliphatic hydroxyl groups is 1. The van der Waals surface area contributed by atoms with Gasteiger partial charge in [0.2, 0.25) is 0 Å². The van der Waals surface area contributed by atoms with E-state index in [-0.39, 0.29) is 23.5 Å². The van der Waals surface area contributed by atoms with Gasteiger partial charge in [-0.15, -0.1) is 0 Å². The third-order valence-electron chi connectivity index (χ3n) is 12.0.